The molecule has 0 saturated carbocycles. The molecule has 2 N–H and O–H groups in total. The third-order valence-electron chi connectivity index (χ3n) is 6.96. The lowest BCUT2D eigenvalue weighted by atomic mass is 10.0. The summed E-state index contributed by atoms with van der Waals surface area (Å²) < 4.78 is 2.20. The van der Waals surface area contributed by atoms with Gasteiger partial charge in [-0.3, -0.25) is 9.78 Å². The van der Waals surface area contributed by atoms with Crippen molar-refractivity contribution < 1.29 is 4.79 Å². The summed E-state index contributed by atoms with van der Waals surface area (Å²) in [6.45, 7) is 7.93. The molecule has 6 nitrogen and oxygen atoms in total. The quantitative estimate of drug-likeness (QED) is 0.259. The lowest BCUT2D eigenvalue weighted by Gasteiger charge is -2.29. The number of rotatable bonds is 6. The number of halogens is 1. The van der Waals surface area contributed by atoms with Crippen LogP contribution in [-0.4, -0.2) is 20.6 Å². The second kappa shape index (κ2) is 10.6. The minimum atomic E-state index is -0.207. The molecule has 2 aromatic heterocycles. The fourth-order valence-electron chi connectivity index (χ4n) is 4.71. The van der Waals surface area contributed by atoms with Gasteiger partial charge in [0.05, 0.1) is 22.4 Å². The molecule has 0 unspecified atom stereocenters. The van der Waals surface area contributed by atoms with Crippen molar-refractivity contribution in [1.29, 1.82) is 0 Å². The maximum atomic E-state index is 12.3. The second-order valence-corrected chi connectivity index (χ2v) is 10.7. The summed E-state index contributed by atoms with van der Waals surface area (Å²) in [6.07, 6.45) is 3.87. The highest BCUT2D eigenvalue weighted by atomic mass is 35.5. The molecule has 3 heterocycles. The predicted molar refractivity (Wildman–Crippen MR) is 158 cm³/mol. The smallest absolute Gasteiger partial charge is 0.226 e. The lowest BCUT2D eigenvalue weighted by Crippen LogP contribution is -2.30. The minimum Gasteiger partial charge on any atom is -0.351 e. The SMILES string of the molecule is Cc1ccc(-n2cccc2[C@@H]2[C@@H](c3ccccn3)NC(=S)N2c2ccc(NC(=O)C(C)C)c(Cl)c2)cc1C. The van der Waals surface area contributed by atoms with E-state index in [2.05, 4.69) is 75.5 Å². The van der Waals surface area contributed by atoms with Gasteiger partial charge in [-0.05, 0) is 91.8 Å². The van der Waals surface area contributed by atoms with Crippen LogP contribution in [0.2, 0.25) is 5.02 Å². The van der Waals surface area contributed by atoms with Crippen molar-refractivity contribution in [1.82, 2.24) is 14.9 Å². The number of aromatic nitrogens is 2. The van der Waals surface area contributed by atoms with Gasteiger partial charge >= 0.3 is 0 Å². The van der Waals surface area contributed by atoms with E-state index in [1.54, 1.807) is 6.20 Å². The highest BCUT2D eigenvalue weighted by molar-refractivity contribution is 7.80. The molecule has 1 amide bonds. The molecule has 1 fully saturated rings. The Balaban J connectivity index is 1.61. The highest BCUT2D eigenvalue weighted by Crippen LogP contribution is 2.43. The van der Waals surface area contributed by atoms with Crippen LogP contribution < -0.4 is 15.5 Å². The Morgan fingerprint density at radius 3 is 2.50 bits per heavy atom. The van der Waals surface area contributed by atoms with Crippen LogP contribution in [0.25, 0.3) is 5.69 Å². The van der Waals surface area contributed by atoms with Crippen LogP contribution in [0.4, 0.5) is 11.4 Å². The van der Waals surface area contributed by atoms with Gasteiger partial charge in [-0.15, -0.1) is 0 Å². The van der Waals surface area contributed by atoms with Gasteiger partial charge in [-0.2, -0.15) is 0 Å². The summed E-state index contributed by atoms with van der Waals surface area (Å²) in [5, 5.41) is 7.43. The van der Waals surface area contributed by atoms with E-state index < -0.39 is 0 Å². The first kappa shape index (κ1) is 25.9. The van der Waals surface area contributed by atoms with Crippen molar-refractivity contribution in [2.75, 3.05) is 10.2 Å². The maximum absolute atomic E-state index is 12.3. The number of amides is 1. The van der Waals surface area contributed by atoms with E-state index in [0.29, 0.717) is 15.8 Å². The zero-order chi connectivity index (χ0) is 27.0. The summed E-state index contributed by atoms with van der Waals surface area (Å²) in [5.41, 5.74) is 6.90. The van der Waals surface area contributed by atoms with Crippen molar-refractivity contribution in [3.63, 3.8) is 0 Å². The average molecular weight is 544 g/mol. The maximum Gasteiger partial charge on any atom is 0.226 e. The molecule has 0 radical (unpaired) electrons. The van der Waals surface area contributed by atoms with Crippen molar-refractivity contribution in [2.45, 2.75) is 39.8 Å². The zero-order valence-electron chi connectivity index (χ0n) is 21.8. The molecule has 0 spiro atoms. The molecule has 5 rings (SSSR count). The molecule has 194 valence electrons. The van der Waals surface area contributed by atoms with Crippen molar-refractivity contribution >= 4 is 46.2 Å². The lowest BCUT2D eigenvalue weighted by molar-refractivity contribution is -0.118. The number of carbonyl (C=O) groups is 1. The van der Waals surface area contributed by atoms with E-state index in [-0.39, 0.29) is 23.9 Å². The van der Waals surface area contributed by atoms with Crippen molar-refractivity contribution in [2.24, 2.45) is 5.92 Å². The molecule has 1 saturated heterocycles. The van der Waals surface area contributed by atoms with E-state index in [9.17, 15) is 4.79 Å². The molecule has 1 aliphatic rings. The monoisotopic (exact) mass is 543 g/mol. The van der Waals surface area contributed by atoms with Crippen LogP contribution in [-0.2, 0) is 4.79 Å². The highest BCUT2D eigenvalue weighted by Gasteiger charge is 2.42. The van der Waals surface area contributed by atoms with Gasteiger partial charge in [-0.25, -0.2) is 0 Å². The van der Waals surface area contributed by atoms with Crippen LogP contribution in [0.1, 0.15) is 48.4 Å². The van der Waals surface area contributed by atoms with E-state index in [1.807, 2.05) is 50.2 Å². The second-order valence-electron chi connectivity index (χ2n) is 9.88. The number of hydrogen-bond acceptors (Lipinski definition) is 3. The Morgan fingerprint density at radius 1 is 1.03 bits per heavy atom. The topological polar surface area (TPSA) is 62.2 Å². The summed E-state index contributed by atoms with van der Waals surface area (Å²) in [4.78, 5) is 19.0. The van der Waals surface area contributed by atoms with E-state index in [1.165, 1.54) is 11.1 Å². The third-order valence-corrected chi connectivity index (χ3v) is 7.59. The van der Waals surface area contributed by atoms with Gasteiger partial charge in [0.25, 0.3) is 0 Å². The number of hydrogen-bond donors (Lipinski definition) is 2. The van der Waals surface area contributed by atoms with Crippen molar-refractivity contribution in [3.05, 3.63) is 107 Å². The van der Waals surface area contributed by atoms with Gasteiger partial charge < -0.3 is 20.1 Å². The minimum absolute atomic E-state index is 0.0858. The van der Waals surface area contributed by atoms with Gasteiger partial charge in [0.2, 0.25) is 5.91 Å². The Kier molecular flexibility index (Phi) is 7.23. The van der Waals surface area contributed by atoms with Gasteiger partial charge in [0.1, 0.15) is 6.04 Å². The molecule has 38 heavy (non-hydrogen) atoms. The standard InChI is InChI=1S/C30H30ClN5OS/c1-18(2)29(37)33-24-13-12-22(17-23(24)31)36-28(27(34-30(36)38)25-8-5-6-14-32-25)26-9-7-15-35(26)21-11-10-19(3)20(4)16-21/h5-18,27-28H,1-4H3,(H,33,37)(H,34,38)/t27-,28-/m1/s1. The molecule has 1 aliphatic heterocycles. The van der Waals surface area contributed by atoms with Crippen LogP contribution in [0.3, 0.4) is 0 Å². The normalized spacial score (nSPS) is 17.1. The number of pyridine rings is 1. The fraction of sp³-hybridized carbons (Fsp3) is 0.233. The van der Waals surface area contributed by atoms with Gasteiger partial charge in [0.15, 0.2) is 5.11 Å². The number of anilines is 2. The zero-order valence-corrected chi connectivity index (χ0v) is 23.3. The first-order valence-electron chi connectivity index (χ1n) is 12.6. The summed E-state index contributed by atoms with van der Waals surface area (Å²) in [5.74, 6) is -0.236. The molecule has 2 atom stereocenters. The number of aryl methyl sites for hydroxylation is 2. The Morgan fingerprint density at radius 2 is 1.82 bits per heavy atom. The Labute approximate surface area is 233 Å². The molecule has 2 aromatic carbocycles. The first-order valence-corrected chi connectivity index (χ1v) is 13.4. The third kappa shape index (κ3) is 4.91. The predicted octanol–water partition coefficient (Wildman–Crippen LogP) is 6.91. The fourth-order valence-corrected chi connectivity index (χ4v) is 5.28. The van der Waals surface area contributed by atoms with Crippen molar-refractivity contribution in [3.8, 4) is 5.69 Å². The van der Waals surface area contributed by atoms with Crippen LogP contribution in [0.5, 0.6) is 0 Å². The Hall–Kier alpha value is -3.68. The number of carbonyl (C=O) groups excluding carboxylic acids is 1. The van der Waals surface area contributed by atoms with E-state index >= 15 is 0 Å². The number of benzene rings is 2. The summed E-state index contributed by atoms with van der Waals surface area (Å²) >= 11 is 12.6. The molecule has 8 heteroatoms. The molecule has 4 aromatic rings. The number of thiocarbonyl (C=S) groups is 1. The Bertz CT molecular complexity index is 1500. The first-order chi connectivity index (χ1) is 18.2. The number of nitrogens with one attached hydrogen (secondary N) is 2. The largest absolute Gasteiger partial charge is 0.351 e. The molecular formula is C30H30ClN5OS. The average Bonchev–Trinajstić information content (AvgIpc) is 3.51. The summed E-state index contributed by atoms with van der Waals surface area (Å²) in [7, 11) is 0. The van der Waals surface area contributed by atoms with Crippen LogP contribution >= 0.6 is 23.8 Å². The van der Waals surface area contributed by atoms with E-state index in [4.69, 9.17) is 23.8 Å². The van der Waals surface area contributed by atoms with Gasteiger partial charge in [-0.1, -0.05) is 37.6 Å². The molecule has 0 aliphatic carbocycles. The summed E-state index contributed by atoms with van der Waals surface area (Å²) in [6, 6.07) is 21.8. The number of nitrogens with zero attached hydrogens (tertiary/aromatic N) is 3. The molecule has 0 bridgehead atoms. The van der Waals surface area contributed by atoms with E-state index in [0.717, 1.165) is 22.8 Å². The van der Waals surface area contributed by atoms with Gasteiger partial charge in [0, 0.05) is 35.4 Å². The van der Waals surface area contributed by atoms with Crippen LogP contribution in [0.15, 0.2) is 79.1 Å². The molecular weight excluding hydrogens is 514 g/mol. The van der Waals surface area contributed by atoms with Crippen LogP contribution in [0, 0.1) is 19.8 Å².